The monoisotopic (exact) mass is 1160 g/mol. The summed E-state index contributed by atoms with van der Waals surface area (Å²) in [7, 11) is 0. The number of hydrogen-bond acceptors (Lipinski definition) is 14. The number of alkyl halides is 1. The molecule has 5 aromatic carbocycles. The van der Waals surface area contributed by atoms with Crippen LogP contribution in [0.1, 0.15) is 111 Å². The third-order valence-electron chi connectivity index (χ3n) is 16.3. The molecule has 0 radical (unpaired) electrons. The topological polar surface area (TPSA) is 191 Å². The zero-order valence-corrected chi connectivity index (χ0v) is 45.5. The number of hydrogen-bond donors (Lipinski definition) is 2. The number of aromatic nitrogens is 4. The van der Waals surface area contributed by atoms with Crippen molar-refractivity contribution in [2.75, 3.05) is 29.6 Å². The van der Waals surface area contributed by atoms with E-state index in [1.54, 1.807) is 42.5 Å². The fourth-order valence-electron chi connectivity index (χ4n) is 12.0. The number of carbonyl (C=O) groups is 2. The van der Waals surface area contributed by atoms with Crippen LogP contribution in [0.3, 0.4) is 0 Å². The SMILES string of the molecule is O=C(O)c1ccc2nc(N3CC4(CC(OCc5c(-c6c(Cl)cccc6Cl)noc5C5CC5c5ccc(Cl)c(-c6noc(C7CC7)c6Oc6ccc7c(c6)CCN(c6nc8ccc(C(=O)O)cc8s6)C7)c5Cl)C4)C[C@H]3CF)oc2c1. The van der Waals surface area contributed by atoms with Crippen LogP contribution in [0.15, 0.2) is 98.4 Å². The van der Waals surface area contributed by atoms with Crippen LogP contribution in [0.4, 0.5) is 15.5 Å². The lowest BCUT2D eigenvalue weighted by atomic mass is 9.65. The van der Waals surface area contributed by atoms with Crippen LogP contribution in [-0.2, 0) is 24.3 Å². The number of aromatic carboxylic acids is 2. The van der Waals surface area contributed by atoms with Gasteiger partial charge in [-0.1, -0.05) is 86.3 Å². The number of ether oxygens (including phenoxy) is 2. The molecule has 0 amide bonds. The molecule has 21 heteroatoms. The van der Waals surface area contributed by atoms with E-state index in [4.69, 9.17) is 74.3 Å². The molecule has 1 spiro atoms. The van der Waals surface area contributed by atoms with Crippen LogP contribution in [0, 0.1) is 5.41 Å². The summed E-state index contributed by atoms with van der Waals surface area (Å²) in [6, 6.07) is 24.4. The number of carboxylic acids is 2. The van der Waals surface area contributed by atoms with Gasteiger partial charge in [-0.05, 0) is 140 Å². The summed E-state index contributed by atoms with van der Waals surface area (Å²) in [5.74, 6) is 0.257. The van der Waals surface area contributed by atoms with Crippen molar-refractivity contribution in [1.29, 1.82) is 0 Å². The van der Waals surface area contributed by atoms with Crippen LogP contribution in [0.5, 0.6) is 11.5 Å². The van der Waals surface area contributed by atoms with Gasteiger partial charge in [-0.3, -0.25) is 0 Å². The molecule has 79 heavy (non-hydrogen) atoms. The first-order chi connectivity index (χ1) is 38.3. The van der Waals surface area contributed by atoms with E-state index < -0.39 is 24.7 Å². The Morgan fingerprint density at radius 3 is 2.32 bits per heavy atom. The van der Waals surface area contributed by atoms with Crippen molar-refractivity contribution in [3.8, 4) is 34.0 Å². The van der Waals surface area contributed by atoms with Crippen molar-refractivity contribution in [3.63, 3.8) is 0 Å². The summed E-state index contributed by atoms with van der Waals surface area (Å²) >= 11 is 29.7. The lowest BCUT2D eigenvalue weighted by Crippen LogP contribution is -2.44. The molecule has 2 unspecified atom stereocenters. The first-order valence-corrected chi connectivity index (χ1v) is 28.3. The van der Waals surface area contributed by atoms with E-state index in [0.717, 1.165) is 63.4 Å². The smallest absolute Gasteiger partial charge is 0.335 e. The van der Waals surface area contributed by atoms with Crippen molar-refractivity contribution in [2.24, 2.45) is 5.41 Å². The highest BCUT2D eigenvalue weighted by Crippen LogP contribution is 2.61. The highest BCUT2D eigenvalue weighted by molar-refractivity contribution is 7.22. The molecule has 15 nitrogen and oxygen atoms in total. The molecule has 0 bridgehead atoms. The molecule has 9 aromatic rings. The Balaban J connectivity index is 0.702. The van der Waals surface area contributed by atoms with Crippen molar-refractivity contribution in [1.82, 2.24) is 20.3 Å². The van der Waals surface area contributed by atoms with Crippen LogP contribution >= 0.6 is 57.7 Å². The standard InChI is InChI=1S/C58H45Cl4FN6O9S/c59-39-2-1-3-40(60)46(39)49-38(25-74-34-21-58(22-34)20-32(23-63)69(26-58)56-64-42-12-7-29(54(70)71)17-44(42)76-56)52(78-66-49)37-19-36(37)35-10-11-41(61)47(48(35)62)50-53(51(77-67-50)27-4-5-27)75-33-9-6-31-24-68(15-14-28(31)16-33)57-65-43-13-8-30(55(72)73)18-45(43)79-57/h1-3,6-13,16-18,27,32,34,36-37H,4-5,14-15,19-26H2,(H,70,71)(H,72,73)/t32-,34?,36?,37?,58?/m0/s1. The van der Waals surface area contributed by atoms with Crippen molar-refractivity contribution >= 4 is 102 Å². The molecular weight excluding hydrogens is 1120 g/mol. The number of nitrogens with zero attached hydrogens (tertiary/aromatic N) is 6. The van der Waals surface area contributed by atoms with Gasteiger partial charge in [0.05, 0.1) is 60.2 Å². The summed E-state index contributed by atoms with van der Waals surface area (Å²) in [4.78, 5) is 36.7. The van der Waals surface area contributed by atoms with Gasteiger partial charge in [-0.15, -0.1) is 0 Å². The van der Waals surface area contributed by atoms with Gasteiger partial charge in [0.1, 0.15) is 29.4 Å². The minimum atomic E-state index is -1.07. The molecule has 3 aliphatic carbocycles. The Morgan fingerprint density at radius 2 is 1.54 bits per heavy atom. The van der Waals surface area contributed by atoms with Gasteiger partial charge in [-0.25, -0.2) is 19.0 Å². The third-order valence-corrected chi connectivity index (χ3v) is 18.7. The van der Waals surface area contributed by atoms with E-state index in [9.17, 15) is 24.2 Å². The van der Waals surface area contributed by atoms with Gasteiger partial charge < -0.3 is 42.9 Å². The van der Waals surface area contributed by atoms with Crippen LogP contribution < -0.4 is 14.5 Å². The van der Waals surface area contributed by atoms with Crippen molar-refractivity contribution < 1.29 is 47.1 Å². The second-order valence-electron chi connectivity index (χ2n) is 21.4. The van der Waals surface area contributed by atoms with Gasteiger partial charge in [-0.2, -0.15) is 4.98 Å². The van der Waals surface area contributed by atoms with Crippen molar-refractivity contribution in [3.05, 3.63) is 150 Å². The lowest BCUT2D eigenvalue weighted by Gasteiger charge is -2.44. The third kappa shape index (κ3) is 9.06. The maximum atomic E-state index is 14.7. The van der Waals surface area contributed by atoms with E-state index in [1.165, 1.54) is 23.5 Å². The van der Waals surface area contributed by atoms with Gasteiger partial charge >= 0.3 is 11.9 Å². The molecule has 3 atom stereocenters. The summed E-state index contributed by atoms with van der Waals surface area (Å²) < 4.78 is 47.3. The van der Waals surface area contributed by atoms with Gasteiger partial charge in [0.25, 0.3) is 6.01 Å². The van der Waals surface area contributed by atoms with Crippen LogP contribution in [0.25, 0.3) is 43.8 Å². The molecule has 1 saturated heterocycles. The fourth-order valence-corrected chi connectivity index (χ4v) is 14.3. The minimum absolute atomic E-state index is 0.0824. The largest absolute Gasteiger partial charge is 0.478 e. The number of rotatable bonds is 15. The summed E-state index contributed by atoms with van der Waals surface area (Å²) in [5.41, 5.74) is 7.48. The molecule has 402 valence electrons. The Labute approximate surface area is 473 Å². The number of anilines is 2. The summed E-state index contributed by atoms with van der Waals surface area (Å²) in [6.07, 6.45) is 5.09. The Bertz CT molecular complexity index is 3940. The highest BCUT2D eigenvalue weighted by Gasteiger charge is 2.54. The molecule has 2 aliphatic heterocycles. The maximum absolute atomic E-state index is 14.7. The first-order valence-electron chi connectivity index (χ1n) is 26.0. The van der Waals surface area contributed by atoms with E-state index in [2.05, 4.69) is 32.3 Å². The molecule has 4 fully saturated rings. The Hall–Kier alpha value is -6.73. The molecule has 14 rings (SSSR count). The molecule has 3 saturated carbocycles. The predicted molar refractivity (Wildman–Crippen MR) is 297 cm³/mol. The van der Waals surface area contributed by atoms with E-state index >= 15 is 0 Å². The molecule has 6 heterocycles. The first kappa shape index (κ1) is 50.5. The fraction of sp³-hybridized carbons (Fsp3) is 0.310. The normalized spacial score (nSPS) is 21.5. The number of benzene rings is 5. The van der Waals surface area contributed by atoms with E-state index in [-0.39, 0.29) is 53.0 Å². The van der Waals surface area contributed by atoms with Crippen LogP contribution in [-0.4, -0.2) is 74.3 Å². The summed E-state index contributed by atoms with van der Waals surface area (Å²) in [5, 5.41) is 30.6. The number of halogens is 5. The number of fused-ring (bicyclic) bond motifs is 3. The maximum Gasteiger partial charge on any atom is 0.335 e. The van der Waals surface area contributed by atoms with Gasteiger partial charge in [0.15, 0.2) is 27.9 Å². The Morgan fingerprint density at radius 1 is 0.797 bits per heavy atom. The van der Waals surface area contributed by atoms with Gasteiger partial charge in [0.2, 0.25) is 0 Å². The molecule has 2 N–H and O–H groups in total. The zero-order valence-electron chi connectivity index (χ0n) is 41.7. The zero-order chi connectivity index (χ0) is 54.0. The number of carboxylic acid groups (broad SMARTS) is 2. The second kappa shape index (κ2) is 19.5. The van der Waals surface area contributed by atoms with E-state index in [1.807, 2.05) is 23.1 Å². The second-order valence-corrected chi connectivity index (χ2v) is 24.0. The van der Waals surface area contributed by atoms with E-state index in [0.29, 0.717) is 115 Å². The molecule has 4 aromatic heterocycles. The minimum Gasteiger partial charge on any atom is -0.478 e. The van der Waals surface area contributed by atoms with Crippen molar-refractivity contribution in [2.45, 2.75) is 88.0 Å². The van der Waals surface area contributed by atoms with Gasteiger partial charge in [0, 0.05) is 48.2 Å². The average Bonchev–Trinajstić information content (AvgIpc) is 4.31. The van der Waals surface area contributed by atoms with Crippen LogP contribution in [0.2, 0.25) is 20.1 Å². The lowest BCUT2D eigenvalue weighted by molar-refractivity contribution is -0.0809. The Kier molecular flexibility index (Phi) is 12.5. The molecule has 5 aliphatic rings. The quantitative estimate of drug-likeness (QED) is 0.0985. The number of oxazole rings is 1. The number of thiazole rings is 1. The summed E-state index contributed by atoms with van der Waals surface area (Å²) in [6.45, 7) is 1.43. The molecular formula is C58H45Cl4FN6O9S. The highest BCUT2D eigenvalue weighted by atomic mass is 35.5. The predicted octanol–water partition coefficient (Wildman–Crippen LogP) is 15.2. The average molecular weight is 1160 g/mol.